The highest BCUT2D eigenvalue weighted by molar-refractivity contribution is 5.99. The molecular weight excluding hydrogens is 234 g/mol. The number of carbonyl (C=O) groups excluding carboxylic acids is 2. The van der Waals surface area contributed by atoms with Gasteiger partial charge in [0, 0.05) is 18.7 Å². The molecule has 18 heavy (non-hydrogen) atoms. The molecule has 0 saturated carbocycles. The molecule has 0 spiro atoms. The summed E-state index contributed by atoms with van der Waals surface area (Å²) in [4.78, 5) is 22.3. The lowest BCUT2D eigenvalue weighted by Crippen LogP contribution is -2.26. The van der Waals surface area contributed by atoms with Crippen molar-refractivity contribution in [1.29, 1.82) is 0 Å². The zero-order chi connectivity index (χ0) is 13.5. The van der Waals surface area contributed by atoms with Crippen molar-refractivity contribution in [3.05, 3.63) is 23.8 Å². The second-order valence-corrected chi connectivity index (χ2v) is 3.78. The number of hydrogen-bond donors (Lipinski definition) is 3. The van der Waals surface area contributed by atoms with E-state index in [1.54, 1.807) is 18.2 Å². The van der Waals surface area contributed by atoms with E-state index in [-0.39, 0.29) is 18.2 Å². The Hall–Kier alpha value is -2.24. The number of amides is 2. The summed E-state index contributed by atoms with van der Waals surface area (Å²) < 4.78 is 5.02. The van der Waals surface area contributed by atoms with E-state index in [0.717, 1.165) is 0 Å². The molecule has 0 heterocycles. The second kappa shape index (κ2) is 6.48. The van der Waals surface area contributed by atoms with Gasteiger partial charge in [0.1, 0.15) is 5.75 Å². The third kappa shape index (κ3) is 3.97. The molecule has 0 saturated heterocycles. The maximum Gasteiger partial charge on any atom is 0.253 e. The van der Waals surface area contributed by atoms with Crippen molar-refractivity contribution in [3.8, 4) is 5.75 Å². The van der Waals surface area contributed by atoms with Gasteiger partial charge >= 0.3 is 0 Å². The number of rotatable bonds is 6. The minimum absolute atomic E-state index is 0.244. The molecule has 0 atom stereocenters. The smallest absolute Gasteiger partial charge is 0.253 e. The lowest BCUT2D eigenvalue weighted by atomic mass is 10.1. The molecule has 0 aliphatic heterocycles. The van der Waals surface area contributed by atoms with E-state index < -0.39 is 0 Å². The van der Waals surface area contributed by atoms with E-state index in [4.69, 9.17) is 16.2 Å². The van der Waals surface area contributed by atoms with Crippen molar-refractivity contribution in [1.82, 2.24) is 5.32 Å². The minimum Gasteiger partial charge on any atom is -0.497 e. The topological polar surface area (TPSA) is 107 Å². The molecule has 0 unspecified atom stereocenters. The van der Waals surface area contributed by atoms with Crippen molar-refractivity contribution in [2.45, 2.75) is 12.8 Å². The average Bonchev–Trinajstić information content (AvgIpc) is 2.34. The number of nitrogens with one attached hydrogen (secondary N) is 1. The Balaban J connectivity index is 2.58. The first kappa shape index (κ1) is 13.8. The Morgan fingerprint density at radius 1 is 1.39 bits per heavy atom. The second-order valence-electron chi connectivity index (χ2n) is 3.78. The third-order valence-electron chi connectivity index (χ3n) is 2.39. The normalized spacial score (nSPS) is 9.83. The molecule has 0 bridgehead atoms. The first-order valence-electron chi connectivity index (χ1n) is 5.54. The number of methoxy groups -OCH3 is 1. The van der Waals surface area contributed by atoms with Crippen molar-refractivity contribution < 1.29 is 14.3 Å². The van der Waals surface area contributed by atoms with Gasteiger partial charge in [0.05, 0.1) is 12.7 Å². The predicted molar refractivity (Wildman–Crippen MR) is 68.2 cm³/mol. The van der Waals surface area contributed by atoms with Gasteiger partial charge in [-0.05, 0) is 24.6 Å². The fourth-order valence-corrected chi connectivity index (χ4v) is 1.42. The van der Waals surface area contributed by atoms with Gasteiger partial charge in [-0.3, -0.25) is 9.59 Å². The Labute approximate surface area is 105 Å². The third-order valence-corrected chi connectivity index (χ3v) is 2.39. The van der Waals surface area contributed by atoms with Crippen LogP contribution in [0.25, 0.3) is 0 Å². The van der Waals surface area contributed by atoms with Crippen LogP contribution in [0.1, 0.15) is 23.2 Å². The molecule has 6 heteroatoms. The lowest BCUT2D eigenvalue weighted by Gasteiger charge is -2.08. The van der Waals surface area contributed by atoms with E-state index in [1.165, 1.54) is 7.11 Å². The van der Waals surface area contributed by atoms with Crippen LogP contribution in [0.2, 0.25) is 0 Å². The number of nitrogen functional groups attached to an aromatic ring is 1. The molecule has 0 aromatic heterocycles. The van der Waals surface area contributed by atoms with Gasteiger partial charge in [0.25, 0.3) is 5.91 Å². The standard InChI is InChI=1S/C12H17N3O3/c1-18-8-4-5-10(13)9(7-8)12(17)15-6-2-3-11(14)16/h4-5,7H,2-3,6,13H2,1H3,(H2,14,16)(H,15,17). The van der Waals surface area contributed by atoms with Crippen LogP contribution in [0.5, 0.6) is 5.75 Å². The van der Waals surface area contributed by atoms with Crippen molar-refractivity contribution in [3.63, 3.8) is 0 Å². The van der Waals surface area contributed by atoms with Crippen LogP contribution in [-0.2, 0) is 4.79 Å². The molecule has 1 aromatic rings. The summed E-state index contributed by atoms with van der Waals surface area (Å²) in [5.74, 6) is -0.118. The maximum atomic E-state index is 11.8. The van der Waals surface area contributed by atoms with Gasteiger partial charge in [-0.2, -0.15) is 0 Å². The molecule has 98 valence electrons. The molecule has 1 aromatic carbocycles. The van der Waals surface area contributed by atoms with Gasteiger partial charge in [0.15, 0.2) is 0 Å². The first-order chi connectivity index (χ1) is 8.54. The summed E-state index contributed by atoms with van der Waals surface area (Å²) in [5, 5.41) is 2.66. The highest BCUT2D eigenvalue weighted by atomic mass is 16.5. The lowest BCUT2D eigenvalue weighted by molar-refractivity contribution is -0.118. The quantitative estimate of drug-likeness (QED) is 0.498. The molecule has 5 N–H and O–H groups in total. The molecule has 1 rings (SSSR count). The summed E-state index contributed by atoms with van der Waals surface area (Å²) >= 11 is 0. The number of carbonyl (C=O) groups is 2. The van der Waals surface area contributed by atoms with Crippen LogP contribution < -0.4 is 21.5 Å². The number of primary amides is 1. The van der Waals surface area contributed by atoms with Gasteiger partial charge in [0.2, 0.25) is 5.91 Å². The summed E-state index contributed by atoms with van der Waals surface area (Å²) in [6.45, 7) is 0.373. The first-order valence-corrected chi connectivity index (χ1v) is 5.54. The van der Waals surface area contributed by atoms with Crippen LogP contribution >= 0.6 is 0 Å². The number of hydrogen-bond acceptors (Lipinski definition) is 4. The van der Waals surface area contributed by atoms with Crippen molar-refractivity contribution >= 4 is 17.5 Å². The van der Waals surface area contributed by atoms with Crippen LogP contribution in [0.4, 0.5) is 5.69 Å². The Kier molecular flexibility index (Phi) is 4.98. The molecular formula is C12H17N3O3. The number of benzene rings is 1. The van der Waals surface area contributed by atoms with Crippen LogP contribution in [0.3, 0.4) is 0 Å². The number of nitrogens with two attached hydrogens (primary N) is 2. The highest BCUT2D eigenvalue weighted by Gasteiger charge is 2.10. The highest BCUT2D eigenvalue weighted by Crippen LogP contribution is 2.19. The Morgan fingerprint density at radius 3 is 2.72 bits per heavy atom. The molecule has 0 aliphatic carbocycles. The summed E-state index contributed by atoms with van der Waals surface area (Å²) in [5.41, 5.74) is 11.4. The van der Waals surface area contributed by atoms with Gasteiger partial charge < -0.3 is 21.5 Å². The van der Waals surface area contributed by atoms with Crippen LogP contribution in [0.15, 0.2) is 18.2 Å². The zero-order valence-corrected chi connectivity index (χ0v) is 10.2. The largest absolute Gasteiger partial charge is 0.497 e. The fourth-order valence-electron chi connectivity index (χ4n) is 1.42. The van der Waals surface area contributed by atoms with Gasteiger partial charge in [-0.1, -0.05) is 0 Å². The monoisotopic (exact) mass is 251 g/mol. The van der Waals surface area contributed by atoms with E-state index in [1.807, 2.05) is 0 Å². The van der Waals surface area contributed by atoms with Gasteiger partial charge in [-0.25, -0.2) is 0 Å². The Morgan fingerprint density at radius 2 is 2.11 bits per heavy atom. The van der Waals surface area contributed by atoms with E-state index in [2.05, 4.69) is 5.32 Å². The average molecular weight is 251 g/mol. The maximum absolute atomic E-state index is 11.8. The molecule has 0 radical (unpaired) electrons. The predicted octanol–water partition coefficient (Wildman–Crippen LogP) is 0.273. The summed E-state index contributed by atoms with van der Waals surface area (Å²) in [6, 6.07) is 4.86. The molecule has 6 nitrogen and oxygen atoms in total. The Bertz CT molecular complexity index is 446. The van der Waals surface area contributed by atoms with E-state index in [9.17, 15) is 9.59 Å². The minimum atomic E-state index is -0.384. The fraction of sp³-hybridized carbons (Fsp3) is 0.333. The molecule has 2 amide bonds. The van der Waals surface area contributed by atoms with Gasteiger partial charge in [-0.15, -0.1) is 0 Å². The van der Waals surface area contributed by atoms with Crippen LogP contribution in [-0.4, -0.2) is 25.5 Å². The van der Waals surface area contributed by atoms with Crippen LogP contribution in [0, 0.1) is 0 Å². The van der Waals surface area contributed by atoms with Crippen molar-refractivity contribution in [2.24, 2.45) is 5.73 Å². The van der Waals surface area contributed by atoms with E-state index in [0.29, 0.717) is 30.0 Å². The molecule has 0 aliphatic rings. The number of anilines is 1. The number of ether oxygens (including phenoxy) is 1. The van der Waals surface area contributed by atoms with E-state index >= 15 is 0 Å². The molecule has 0 fully saturated rings. The summed E-state index contributed by atoms with van der Waals surface area (Å²) in [7, 11) is 1.51. The zero-order valence-electron chi connectivity index (χ0n) is 10.2. The SMILES string of the molecule is COc1ccc(N)c(C(=O)NCCCC(N)=O)c1. The summed E-state index contributed by atoms with van der Waals surface area (Å²) in [6.07, 6.45) is 0.749. The van der Waals surface area contributed by atoms with Crippen molar-refractivity contribution in [2.75, 3.05) is 19.4 Å².